The van der Waals surface area contributed by atoms with Gasteiger partial charge in [0, 0.05) is 12.8 Å². The molecule has 0 aromatic carbocycles. The van der Waals surface area contributed by atoms with E-state index in [0.29, 0.717) is 25.9 Å². The lowest BCUT2D eigenvalue weighted by Crippen LogP contribution is -2.45. The van der Waals surface area contributed by atoms with E-state index in [1.54, 1.807) is 0 Å². The number of allylic oxidation sites excluding steroid dienone is 6. The molecule has 6 heteroatoms. The second kappa shape index (κ2) is 49.7. The molecule has 0 aliphatic rings. The molecule has 3 N–H and O–H groups in total. The number of amides is 1. The van der Waals surface area contributed by atoms with Crippen molar-refractivity contribution in [2.75, 3.05) is 13.2 Å². The van der Waals surface area contributed by atoms with E-state index in [2.05, 4.69) is 55.6 Å². The molecule has 60 heavy (non-hydrogen) atoms. The Labute approximate surface area is 373 Å². The van der Waals surface area contributed by atoms with E-state index in [1.165, 1.54) is 141 Å². The van der Waals surface area contributed by atoms with Gasteiger partial charge in [0.25, 0.3) is 0 Å². The fourth-order valence-electron chi connectivity index (χ4n) is 7.83. The number of esters is 1. The van der Waals surface area contributed by atoms with Gasteiger partial charge in [-0.1, -0.05) is 217 Å². The Bertz CT molecular complexity index is 977. The summed E-state index contributed by atoms with van der Waals surface area (Å²) in [5.74, 6) is -0.110. The first kappa shape index (κ1) is 58.1. The summed E-state index contributed by atoms with van der Waals surface area (Å²) < 4.78 is 5.42. The van der Waals surface area contributed by atoms with Crippen LogP contribution in [0.3, 0.4) is 0 Å². The van der Waals surface area contributed by atoms with Gasteiger partial charge in [0.15, 0.2) is 0 Å². The lowest BCUT2D eigenvalue weighted by atomic mass is 10.0. The van der Waals surface area contributed by atoms with Gasteiger partial charge < -0.3 is 20.3 Å². The molecule has 2 unspecified atom stereocenters. The third-order valence-corrected chi connectivity index (χ3v) is 11.9. The van der Waals surface area contributed by atoms with Gasteiger partial charge in [0.1, 0.15) is 0 Å². The van der Waals surface area contributed by atoms with Crippen molar-refractivity contribution >= 4 is 11.9 Å². The van der Waals surface area contributed by atoms with Crippen LogP contribution >= 0.6 is 0 Å². The van der Waals surface area contributed by atoms with E-state index in [9.17, 15) is 19.8 Å². The van der Waals surface area contributed by atoms with Gasteiger partial charge in [-0.25, -0.2) is 0 Å². The fraction of sp³-hybridized carbons (Fsp3) is 0.852. The number of aliphatic hydroxyl groups is 2. The van der Waals surface area contributed by atoms with Gasteiger partial charge >= 0.3 is 5.97 Å². The zero-order valence-electron chi connectivity index (χ0n) is 39.9. The molecule has 0 rings (SSSR count). The Morgan fingerprint density at radius 2 is 0.850 bits per heavy atom. The predicted octanol–water partition coefficient (Wildman–Crippen LogP) is 15.7. The zero-order valence-corrected chi connectivity index (χ0v) is 39.9. The Balaban J connectivity index is 3.53. The number of ether oxygens (including phenoxy) is 1. The second-order valence-corrected chi connectivity index (χ2v) is 17.8. The summed E-state index contributed by atoms with van der Waals surface area (Å²) in [6.45, 7) is 4.83. The number of carbonyl (C=O) groups is 2. The topological polar surface area (TPSA) is 95.9 Å². The van der Waals surface area contributed by atoms with Gasteiger partial charge in [0.2, 0.25) is 5.91 Å². The molecule has 0 fully saturated rings. The molecular formula is C54H101NO5. The molecule has 0 bridgehead atoms. The highest BCUT2D eigenvalue weighted by atomic mass is 16.5. The third-order valence-electron chi connectivity index (χ3n) is 11.9. The Kier molecular flexibility index (Phi) is 48.1. The van der Waals surface area contributed by atoms with E-state index >= 15 is 0 Å². The lowest BCUT2D eigenvalue weighted by Gasteiger charge is -2.22. The summed E-state index contributed by atoms with van der Waals surface area (Å²) in [5.41, 5.74) is 0. The first-order chi connectivity index (χ1) is 29.5. The second-order valence-electron chi connectivity index (χ2n) is 17.8. The third kappa shape index (κ3) is 45.6. The Morgan fingerprint density at radius 1 is 0.467 bits per heavy atom. The summed E-state index contributed by atoms with van der Waals surface area (Å²) in [5, 5.41) is 23.2. The number of unbranched alkanes of at least 4 members (excludes halogenated alkanes) is 31. The molecule has 0 aliphatic carbocycles. The van der Waals surface area contributed by atoms with Crippen LogP contribution in [0, 0.1) is 0 Å². The largest absolute Gasteiger partial charge is 0.466 e. The monoisotopic (exact) mass is 844 g/mol. The van der Waals surface area contributed by atoms with Crippen molar-refractivity contribution in [2.45, 2.75) is 283 Å². The average Bonchev–Trinajstić information content (AvgIpc) is 3.25. The fourth-order valence-corrected chi connectivity index (χ4v) is 7.83. The number of aliphatic hydroxyl groups excluding tert-OH is 2. The molecular weight excluding hydrogens is 743 g/mol. The number of hydrogen-bond acceptors (Lipinski definition) is 5. The molecule has 352 valence electrons. The maximum absolute atomic E-state index is 12.5. The van der Waals surface area contributed by atoms with E-state index < -0.39 is 12.1 Å². The molecule has 0 saturated heterocycles. The van der Waals surface area contributed by atoms with Crippen LogP contribution < -0.4 is 5.32 Å². The Morgan fingerprint density at radius 3 is 1.33 bits per heavy atom. The Hall–Kier alpha value is -1.92. The van der Waals surface area contributed by atoms with Crippen LogP contribution in [0.15, 0.2) is 36.5 Å². The van der Waals surface area contributed by atoms with E-state index in [1.807, 2.05) is 0 Å². The SMILES string of the molecule is CCCC/C=C\C/C=C\CCCCCCCC(=O)OCCCC/C=C\CCCCCCCC(=O)NC(CO)C(O)CCCCCCCCCCCCCCCCCCCC. The van der Waals surface area contributed by atoms with Crippen LogP contribution in [0.1, 0.15) is 271 Å². The highest BCUT2D eigenvalue weighted by Crippen LogP contribution is 2.16. The number of nitrogens with one attached hydrogen (secondary N) is 1. The van der Waals surface area contributed by atoms with Crippen molar-refractivity contribution in [3.8, 4) is 0 Å². The van der Waals surface area contributed by atoms with Crippen LogP contribution in [0.25, 0.3) is 0 Å². The average molecular weight is 844 g/mol. The normalized spacial score (nSPS) is 12.9. The van der Waals surface area contributed by atoms with Gasteiger partial charge in [0.05, 0.1) is 25.4 Å². The number of carbonyl (C=O) groups excluding carboxylic acids is 2. The predicted molar refractivity (Wildman–Crippen MR) is 259 cm³/mol. The summed E-state index contributed by atoms with van der Waals surface area (Å²) in [6.07, 6.45) is 59.7. The molecule has 0 saturated carbocycles. The van der Waals surface area contributed by atoms with Crippen LogP contribution in [-0.2, 0) is 14.3 Å². The molecule has 0 heterocycles. The van der Waals surface area contributed by atoms with Gasteiger partial charge in [-0.3, -0.25) is 9.59 Å². The highest BCUT2D eigenvalue weighted by molar-refractivity contribution is 5.76. The van der Waals surface area contributed by atoms with Gasteiger partial charge in [-0.05, 0) is 77.0 Å². The van der Waals surface area contributed by atoms with Crippen LogP contribution in [0.2, 0.25) is 0 Å². The molecule has 1 amide bonds. The quantitative estimate of drug-likeness (QED) is 0.0322. The maximum Gasteiger partial charge on any atom is 0.305 e. The van der Waals surface area contributed by atoms with E-state index in [0.717, 1.165) is 96.3 Å². The van der Waals surface area contributed by atoms with Crippen molar-refractivity contribution < 1.29 is 24.5 Å². The van der Waals surface area contributed by atoms with Crippen LogP contribution in [-0.4, -0.2) is 47.4 Å². The minimum atomic E-state index is -0.684. The van der Waals surface area contributed by atoms with Crippen molar-refractivity contribution in [1.82, 2.24) is 5.32 Å². The number of rotatable bonds is 48. The molecule has 6 nitrogen and oxygen atoms in total. The standard InChI is InChI=1S/C54H101NO5/c1-3-5-7-9-11-13-15-17-19-20-21-22-23-26-30-34-38-42-46-52(57)51(50-56)55-53(58)47-43-39-35-31-27-25-29-33-37-41-45-49-60-54(59)48-44-40-36-32-28-24-18-16-14-12-10-8-6-4-2/h10,12,16,18,29,33,51-52,56-57H,3-9,11,13-15,17,19-28,30-32,34-50H2,1-2H3,(H,55,58)/b12-10-,18-16-,33-29-. The van der Waals surface area contributed by atoms with Crippen molar-refractivity contribution in [3.63, 3.8) is 0 Å². The molecule has 0 aliphatic heterocycles. The molecule has 0 radical (unpaired) electrons. The minimum absolute atomic E-state index is 0.0459. The van der Waals surface area contributed by atoms with Crippen LogP contribution in [0.4, 0.5) is 0 Å². The highest BCUT2D eigenvalue weighted by Gasteiger charge is 2.20. The molecule has 0 aromatic rings. The van der Waals surface area contributed by atoms with Crippen LogP contribution in [0.5, 0.6) is 0 Å². The smallest absolute Gasteiger partial charge is 0.305 e. The summed E-state index contributed by atoms with van der Waals surface area (Å²) in [7, 11) is 0. The number of hydrogen-bond donors (Lipinski definition) is 3. The van der Waals surface area contributed by atoms with E-state index in [4.69, 9.17) is 4.74 Å². The molecule has 0 aromatic heterocycles. The first-order valence-corrected chi connectivity index (χ1v) is 26.2. The van der Waals surface area contributed by atoms with Crippen molar-refractivity contribution in [1.29, 1.82) is 0 Å². The zero-order chi connectivity index (χ0) is 43.7. The summed E-state index contributed by atoms with van der Waals surface area (Å²) in [6, 6.07) is -0.564. The summed E-state index contributed by atoms with van der Waals surface area (Å²) >= 11 is 0. The minimum Gasteiger partial charge on any atom is -0.466 e. The van der Waals surface area contributed by atoms with Crippen molar-refractivity contribution in [2.24, 2.45) is 0 Å². The van der Waals surface area contributed by atoms with E-state index in [-0.39, 0.29) is 18.5 Å². The van der Waals surface area contributed by atoms with Crippen molar-refractivity contribution in [3.05, 3.63) is 36.5 Å². The first-order valence-electron chi connectivity index (χ1n) is 26.2. The maximum atomic E-state index is 12.5. The molecule has 2 atom stereocenters. The lowest BCUT2D eigenvalue weighted by molar-refractivity contribution is -0.143. The molecule has 0 spiro atoms. The van der Waals surface area contributed by atoms with Gasteiger partial charge in [-0.2, -0.15) is 0 Å². The summed E-state index contributed by atoms with van der Waals surface area (Å²) in [4.78, 5) is 24.5. The van der Waals surface area contributed by atoms with Gasteiger partial charge in [-0.15, -0.1) is 0 Å².